The molecule has 0 bridgehead atoms. The lowest BCUT2D eigenvalue weighted by atomic mass is 10.0. The molecule has 0 fully saturated rings. The molecule has 3 aromatic rings. The smallest absolute Gasteiger partial charge is 0.237 e. The molecule has 0 aliphatic rings. The zero-order valence-corrected chi connectivity index (χ0v) is 14.7. The second kappa shape index (κ2) is 6.82. The van der Waals surface area contributed by atoms with E-state index in [1.165, 1.54) is 12.1 Å². The Bertz CT molecular complexity index is 971. The molecule has 0 saturated heterocycles. The molecule has 0 aliphatic carbocycles. The number of hydrogen-bond donors (Lipinski definition) is 0. The van der Waals surface area contributed by atoms with E-state index in [2.05, 4.69) is 0 Å². The van der Waals surface area contributed by atoms with Crippen LogP contribution in [0.15, 0.2) is 95.9 Å². The lowest BCUT2D eigenvalue weighted by molar-refractivity contribution is 0.0971. The van der Waals surface area contributed by atoms with Crippen LogP contribution >= 0.6 is 11.6 Å². The third-order valence-corrected chi connectivity index (χ3v) is 6.95. The quantitative estimate of drug-likeness (QED) is 0.493. The van der Waals surface area contributed by atoms with Gasteiger partial charge in [0.15, 0.2) is 0 Å². The number of carbonyl (C=O) groups excluding carboxylic acids is 1. The van der Waals surface area contributed by atoms with E-state index >= 15 is 0 Å². The molecule has 3 aromatic carbocycles. The first-order valence-corrected chi connectivity index (χ1v) is 9.48. The van der Waals surface area contributed by atoms with Gasteiger partial charge in [0, 0.05) is 5.56 Å². The van der Waals surface area contributed by atoms with Crippen molar-refractivity contribution in [2.45, 2.75) is 9.10 Å². The number of rotatable bonds is 5. The molecule has 1 atom stereocenters. The first-order valence-electron chi connectivity index (χ1n) is 7.62. The summed E-state index contributed by atoms with van der Waals surface area (Å²) in [5.41, 5.74) is 0.454. The second-order valence-corrected chi connectivity index (χ2v) is 8.35. The minimum Gasteiger partial charge on any atom is -0.291 e. The van der Waals surface area contributed by atoms with Crippen molar-refractivity contribution in [3.63, 3.8) is 0 Å². The van der Waals surface area contributed by atoms with Crippen LogP contribution in [0.25, 0.3) is 0 Å². The van der Waals surface area contributed by atoms with Gasteiger partial charge < -0.3 is 0 Å². The van der Waals surface area contributed by atoms with Crippen LogP contribution in [0.2, 0.25) is 0 Å². The number of hydrogen-bond acceptors (Lipinski definition) is 3. The summed E-state index contributed by atoms with van der Waals surface area (Å²) in [5.74, 6) is -0.676. The first kappa shape index (κ1) is 17.4. The molecule has 3 nitrogen and oxygen atoms in total. The standard InChI is InChI=1S/C20H15ClO3S/c21-20(17-12-6-2-7-13-17,19(22)16-10-4-1-5-11-16)25(23,24)18-14-8-3-9-15-18/h1-15H. The Hall–Kier alpha value is -2.43. The van der Waals surface area contributed by atoms with Gasteiger partial charge in [-0.15, -0.1) is 0 Å². The first-order chi connectivity index (χ1) is 12.0. The molecule has 0 spiro atoms. The fraction of sp³-hybridized carbons (Fsp3) is 0.0500. The van der Waals surface area contributed by atoms with Crippen LogP contribution in [-0.2, 0) is 14.0 Å². The minimum absolute atomic E-state index is 0.00173. The summed E-state index contributed by atoms with van der Waals surface area (Å²) in [6, 6.07) is 24.1. The Labute approximate surface area is 151 Å². The molecule has 5 heteroatoms. The molecular weight excluding hydrogens is 356 g/mol. The maximum Gasteiger partial charge on any atom is 0.237 e. The van der Waals surface area contributed by atoms with E-state index in [1.54, 1.807) is 78.9 Å². The van der Waals surface area contributed by atoms with E-state index in [1.807, 2.05) is 0 Å². The molecule has 0 amide bonds. The molecule has 0 heterocycles. The van der Waals surface area contributed by atoms with Crippen molar-refractivity contribution in [3.8, 4) is 0 Å². The van der Waals surface area contributed by atoms with Crippen molar-refractivity contribution >= 4 is 27.2 Å². The highest BCUT2D eigenvalue weighted by atomic mass is 35.5. The van der Waals surface area contributed by atoms with Crippen molar-refractivity contribution in [1.29, 1.82) is 0 Å². The maximum atomic E-state index is 13.3. The fourth-order valence-corrected chi connectivity index (χ4v) is 4.75. The fourth-order valence-electron chi connectivity index (χ4n) is 2.60. The lowest BCUT2D eigenvalue weighted by Crippen LogP contribution is -2.38. The average Bonchev–Trinajstić information content (AvgIpc) is 2.68. The van der Waals surface area contributed by atoms with E-state index in [-0.39, 0.29) is 16.0 Å². The van der Waals surface area contributed by atoms with Crippen LogP contribution in [0, 0.1) is 0 Å². The molecule has 3 rings (SSSR count). The monoisotopic (exact) mass is 370 g/mol. The Morgan fingerprint density at radius 2 is 1.16 bits per heavy atom. The van der Waals surface area contributed by atoms with Crippen molar-refractivity contribution < 1.29 is 13.2 Å². The molecular formula is C20H15ClO3S. The molecule has 0 aromatic heterocycles. The van der Waals surface area contributed by atoms with Crippen LogP contribution in [0.3, 0.4) is 0 Å². The van der Waals surface area contributed by atoms with Crippen molar-refractivity contribution in [2.24, 2.45) is 0 Å². The highest BCUT2D eigenvalue weighted by molar-refractivity contribution is 7.94. The van der Waals surface area contributed by atoms with E-state index in [0.29, 0.717) is 0 Å². The molecule has 25 heavy (non-hydrogen) atoms. The number of Topliss-reactive ketones (excluding diaryl/α,β-unsaturated/α-hetero) is 1. The van der Waals surface area contributed by atoms with Gasteiger partial charge in [0.1, 0.15) is 0 Å². The second-order valence-electron chi connectivity index (χ2n) is 5.47. The number of carbonyl (C=O) groups is 1. The highest BCUT2D eigenvalue weighted by Crippen LogP contribution is 2.42. The number of ketones is 1. The van der Waals surface area contributed by atoms with E-state index in [4.69, 9.17) is 11.6 Å². The van der Waals surface area contributed by atoms with Crippen molar-refractivity contribution in [1.82, 2.24) is 0 Å². The van der Waals surface area contributed by atoms with Crippen LogP contribution < -0.4 is 0 Å². The van der Waals surface area contributed by atoms with Gasteiger partial charge in [-0.25, -0.2) is 8.42 Å². The summed E-state index contributed by atoms with van der Waals surface area (Å²) in [6.45, 7) is 0. The van der Waals surface area contributed by atoms with Crippen LogP contribution in [0.1, 0.15) is 15.9 Å². The summed E-state index contributed by atoms with van der Waals surface area (Å²) in [5, 5.41) is 0. The Morgan fingerprint density at radius 1 is 0.720 bits per heavy atom. The molecule has 126 valence electrons. The zero-order chi connectivity index (χ0) is 17.9. The van der Waals surface area contributed by atoms with E-state index in [9.17, 15) is 13.2 Å². The van der Waals surface area contributed by atoms with Gasteiger partial charge in [0.2, 0.25) is 19.8 Å². The number of benzene rings is 3. The third-order valence-electron chi connectivity index (χ3n) is 3.90. The molecule has 1 unspecified atom stereocenters. The molecule has 0 saturated carbocycles. The summed E-state index contributed by atoms with van der Waals surface area (Å²) in [6.07, 6.45) is 0. The van der Waals surface area contributed by atoms with E-state index in [0.717, 1.165) is 0 Å². The normalized spacial score (nSPS) is 13.8. The van der Waals surface area contributed by atoms with Crippen LogP contribution in [0.4, 0.5) is 0 Å². The Kier molecular flexibility index (Phi) is 4.75. The highest BCUT2D eigenvalue weighted by Gasteiger charge is 2.51. The minimum atomic E-state index is -4.19. The predicted molar refractivity (Wildman–Crippen MR) is 98.4 cm³/mol. The maximum absolute atomic E-state index is 13.3. The topological polar surface area (TPSA) is 51.2 Å². The van der Waals surface area contributed by atoms with Gasteiger partial charge in [0.05, 0.1) is 4.90 Å². The predicted octanol–water partition coefficient (Wildman–Crippen LogP) is 4.44. The van der Waals surface area contributed by atoms with Crippen molar-refractivity contribution in [3.05, 3.63) is 102 Å². The van der Waals surface area contributed by atoms with Crippen LogP contribution in [0.5, 0.6) is 0 Å². The summed E-state index contributed by atoms with van der Waals surface area (Å²) in [7, 11) is -4.19. The zero-order valence-electron chi connectivity index (χ0n) is 13.2. The number of halogens is 1. The largest absolute Gasteiger partial charge is 0.291 e. The summed E-state index contributed by atoms with van der Waals surface area (Å²) in [4.78, 5) is 13.2. The van der Waals surface area contributed by atoms with E-state index < -0.39 is 19.8 Å². The average molecular weight is 371 g/mol. The summed E-state index contributed by atoms with van der Waals surface area (Å²) < 4.78 is 24.4. The molecule has 0 radical (unpaired) electrons. The molecule has 0 aliphatic heterocycles. The Balaban J connectivity index is 2.26. The van der Waals surface area contributed by atoms with Gasteiger partial charge in [-0.05, 0) is 17.7 Å². The van der Waals surface area contributed by atoms with Gasteiger partial charge in [-0.3, -0.25) is 4.79 Å². The molecule has 0 N–H and O–H groups in total. The SMILES string of the molecule is O=C(c1ccccc1)C(Cl)(c1ccccc1)S(=O)(=O)c1ccccc1. The number of sulfone groups is 1. The van der Waals surface area contributed by atoms with Gasteiger partial charge in [-0.2, -0.15) is 0 Å². The van der Waals surface area contributed by atoms with Gasteiger partial charge in [-0.1, -0.05) is 90.5 Å². The Morgan fingerprint density at radius 3 is 1.68 bits per heavy atom. The van der Waals surface area contributed by atoms with Gasteiger partial charge in [0.25, 0.3) is 0 Å². The number of alkyl halides is 1. The lowest BCUT2D eigenvalue weighted by Gasteiger charge is -2.26. The van der Waals surface area contributed by atoms with Crippen LogP contribution in [-0.4, -0.2) is 14.2 Å². The van der Waals surface area contributed by atoms with Crippen molar-refractivity contribution in [2.75, 3.05) is 0 Å². The van der Waals surface area contributed by atoms with Gasteiger partial charge >= 0.3 is 0 Å². The third kappa shape index (κ3) is 2.99. The summed E-state index contributed by atoms with van der Waals surface area (Å²) >= 11 is 6.64.